The van der Waals surface area contributed by atoms with E-state index in [-0.39, 0.29) is 0 Å². The van der Waals surface area contributed by atoms with Gasteiger partial charge in [-0.15, -0.1) is 11.3 Å². The summed E-state index contributed by atoms with van der Waals surface area (Å²) in [6.07, 6.45) is 0. The van der Waals surface area contributed by atoms with Crippen LogP contribution in [-0.2, 0) is 0 Å². The van der Waals surface area contributed by atoms with Gasteiger partial charge in [-0.25, -0.2) is 9.97 Å². The highest BCUT2D eigenvalue weighted by Gasteiger charge is 2.22. The van der Waals surface area contributed by atoms with E-state index >= 15 is 0 Å². The normalized spacial score (nSPS) is 11.9. The van der Waals surface area contributed by atoms with Crippen molar-refractivity contribution in [3.63, 3.8) is 0 Å². The summed E-state index contributed by atoms with van der Waals surface area (Å²) in [5, 5.41) is 10.7. The van der Waals surface area contributed by atoms with E-state index in [1.165, 1.54) is 37.0 Å². The molecule has 0 atom stereocenters. The number of furan rings is 1. The number of rotatable bonds is 4. The van der Waals surface area contributed by atoms with E-state index < -0.39 is 0 Å². The smallest absolute Gasteiger partial charge is 0.161 e. The molecule has 0 aliphatic carbocycles. The summed E-state index contributed by atoms with van der Waals surface area (Å²) in [5.41, 5.74) is 10.1. The number of hydrogen-bond acceptors (Lipinski definition) is 4. The van der Waals surface area contributed by atoms with Gasteiger partial charge in [0, 0.05) is 37.5 Å². The Morgan fingerprint density at radius 2 is 1.07 bits per heavy atom. The maximum absolute atomic E-state index is 6.81. The molecular weight excluding hydrogens is 701 g/mol. The SMILES string of the molecule is c1ccc(-c2ccccc2-c2nc(-c3cccc4oc5c(-c6ccc7c(ccc8c9ccccc9ccc78)c6)cccc5c34)nc3c2sc2ccccc23)cc1. The van der Waals surface area contributed by atoms with Gasteiger partial charge in [-0.3, -0.25) is 0 Å². The van der Waals surface area contributed by atoms with Crippen LogP contribution in [0.2, 0.25) is 0 Å². The number of nitrogens with zero attached hydrogens (tertiary/aromatic N) is 2. The number of hydrogen-bond donors (Lipinski definition) is 0. The Morgan fingerprint density at radius 1 is 0.411 bits per heavy atom. The third kappa shape index (κ3) is 4.70. The first-order valence-electron chi connectivity index (χ1n) is 18.9. The number of para-hydroxylation sites is 1. The standard InChI is InChI=1S/C52H30N2OS/c1-2-12-31(13-3-1)36-16-6-7-17-41(36)48-51-49(42-18-8-9-23-46(42)56-51)54-52(53-48)44-21-11-22-45-47(44)43-20-10-19-38(50(43)55-45)34-25-27-37-33(30-34)26-29-39-35-15-5-4-14-32(35)24-28-40(37)39/h1-30H. The van der Waals surface area contributed by atoms with Gasteiger partial charge in [0.2, 0.25) is 0 Å². The lowest BCUT2D eigenvalue weighted by Crippen LogP contribution is -1.95. The Kier molecular flexibility index (Phi) is 6.80. The van der Waals surface area contributed by atoms with Crippen LogP contribution in [-0.4, -0.2) is 9.97 Å². The van der Waals surface area contributed by atoms with Crippen molar-refractivity contribution in [3.05, 3.63) is 182 Å². The Hall–Kier alpha value is -7.14. The lowest BCUT2D eigenvalue weighted by molar-refractivity contribution is 0.670. The molecule has 4 heteroatoms. The van der Waals surface area contributed by atoms with Gasteiger partial charge in [0.1, 0.15) is 11.2 Å². The van der Waals surface area contributed by atoms with E-state index in [1.54, 1.807) is 11.3 Å². The predicted octanol–water partition coefficient (Wildman–Crippen LogP) is 14.9. The summed E-state index contributed by atoms with van der Waals surface area (Å²) < 4.78 is 9.09. The van der Waals surface area contributed by atoms with Crippen molar-refractivity contribution in [2.75, 3.05) is 0 Å². The maximum Gasteiger partial charge on any atom is 0.161 e. The van der Waals surface area contributed by atoms with Crippen LogP contribution in [0.25, 0.3) is 119 Å². The van der Waals surface area contributed by atoms with Crippen LogP contribution in [0.5, 0.6) is 0 Å². The molecule has 0 aliphatic rings. The van der Waals surface area contributed by atoms with Gasteiger partial charge in [-0.2, -0.15) is 0 Å². The molecule has 0 saturated carbocycles. The molecule has 12 aromatic rings. The van der Waals surface area contributed by atoms with Crippen molar-refractivity contribution in [2.45, 2.75) is 0 Å². The highest BCUT2D eigenvalue weighted by Crippen LogP contribution is 2.45. The summed E-state index contributed by atoms with van der Waals surface area (Å²) in [6.45, 7) is 0. The van der Waals surface area contributed by atoms with Crippen LogP contribution in [0.1, 0.15) is 0 Å². The lowest BCUT2D eigenvalue weighted by atomic mass is 9.94. The zero-order valence-electron chi connectivity index (χ0n) is 30.0. The molecule has 3 nitrogen and oxygen atoms in total. The quantitative estimate of drug-likeness (QED) is 0.169. The van der Waals surface area contributed by atoms with Crippen LogP contribution in [0.15, 0.2) is 186 Å². The van der Waals surface area contributed by atoms with Gasteiger partial charge in [-0.1, -0.05) is 164 Å². The Labute approximate surface area is 325 Å². The van der Waals surface area contributed by atoms with Gasteiger partial charge < -0.3 is 4.42 Å². The van der Waals surface area contributed by atoms with Gasteiger partial charge in [0.05, 0.1) is 15.9 Å². The second-order valence-corrected chi connectivity index (χ2v) is 15.5. The van der Waals surface area contributed by atoms with Gasteiger partial charge in [-0.05, 0) is 67.2 Å². The summed E-state index contributed by atoms with van der Waals surface area (Å²) >= 11 is 1.76. The minimum atomic E-state index is 0.683. The van der Waals surface area contributed by atoms with Crippen LogP contribution >= 0.6 is 11.3 Å². The summed E-state index contributed by atoms with van der Waals surface area (Å²) in [7, 11) is 0. The van der Waals surface area contributed by atoms with Crippen LogP contribution in [0, 0.1) is 0 Å². The van der Waals surface area contributed by atoms with Crippen LogP contribution in [0.4, 0.5) is 0 Å². The molecule has 260 valence electrons. The molecular formula is C52H30N2OS. The zero-order chi connectivity index (χ0) is 36.7. The molecule has 0 fully saturated rings. The lowest BCUT2D eigenvalue weighted by Gasteiger charge is -2.12. The second-order valence-electron chi connectivity index (χ2n) is 14.4. The maximum atomic E-state index is 6.81. The van der Waals surface area contributed by atoms with E-state index in [1.807, 2.05) is 0 Å². The van der Waals surface area contributed by atoms with Crippen molar-refractivity contribution in [1.29, 1.82) is 0 Å². The average molecular weight is 731 g/mol. The molecule has 0 unspecified atom stereocenters. The fourth-order valence-electron chi connectivity index (χ4n) is 8.71. The molecule has 0 saturated heterocycles. The van der Waals surface area contributed by atoms with Gasteiger partial charge in [0.15, 0.2) is 5.82 Å². The molecule has 12 rings (SSSR count). The van der Waals surface area contributed by atoms with E-state index in [9.17, 15) is 0 Å². The second kappa shape index (κ2) is 12.2. The van der Waals surface area contributed by atoms with E-state index in [4.69, 9.17) is 14.4 Å². The highest BCUT2D eigenvalue weighted by atomic mass is 32.1. The summed E-state index contributed by atoms with van der Waals surface area (Å²) in [6, 6.07) is 64.8. The Balaban J connectivity index is 1.07. The van der Waals surface area contributed by atoms with Gasteiger partial charge in [0.25, 0.3) is 0 Å². The van der Waals surface area contributed by atoms with Crippen molar-refractivity contribution in [3.8, 4) is 44.9 Å². The first kappa shape index (κ1) is 31.2. The molecule has 0 radical (unpaired) electrons. The van der Waals surface area contributed by atoms with Crippen LogP contribution < -0.4 is 0 Å². The first-order valence-corrected chi connectivity index (χ1v) is 19.7. The molecule has 9 aromatic carbocycles. The molecule has 0 bridgehead atoms. The van der Waals surface area contributed by atoms with Crippen molar-refractivity contribution < 1.29 is 4.42 Å². The van der Waals surface area contributed by atoms with Crippen molar-refractivity contribution >= 4 is 85.9 Å². The minimum absolute atomic E-state index is 0.683. The molecule has 3 heterocycles. The number of fused-ring (bicyclic) bond motifs is 11. The summed E-state index contributed by atoms with van der Waals surface area (Å²) in [4.78, 5) is 10.9. The van der Waals surface area contributed by atoms with Gasteiger partial charge >= 0.3 is 0 Å². The Morgan fingerprint density at radius 3 is 1.96 bits per heavy atom. The van der Waals surface area contributed by atoms with E-state index in [0.717, 1.165) is 76.6 Å². The fraction of sp³-hybridized carbons (Fsp3) is 0. The topological polar surface area (TPSA) is 38.9 Å². The molecule has 3 aromatic heterocycles. The highest BCUT2D eigenvalue weighted by molar-refractivity contribution is 7.26. The molecule has 0 N–H and O–H groups in total. The molecule has 0 amide bonds. The number of benzene rings is 9. The first-order chi connectivity index (χ1) is 27.8. The zero-order valence-corrected chi connectivity index (χ0v) is 30.8. The average Bonchev–Trinajstić information content (AvgIpc) is 3.85. The van der Waals surface area contributed by atoms with Crippen molar-refractivity contribution in [2.24, 2.45) is 0 Å². The monoisotopic (exact) mass is 730 g/mol. The molecule has 56 heavy (non-hydrogen) atoms. The molecule has 0 spiro atoms. The summed E-state index contributed by atoms with van der Waals surface area (Å²) in [5.74, 6) is 0.683. The predicted molar refractivity (Wildman–Crippen MR) is 236 cm³/mol. The van der Waals surface area contributed by atoms with Crippen LogP contribution in [0.3, 0.4) is 0 Å². The number of aromatic nitrogens is 2. The minimum Gasteiger partial charge on any atom is -0.455 e. The third-order valence-corrected chi connectivity index (χ3v) is 12.5. The number of thiophene rings is 1. The molecule has 0 aliphatic heterocycles. The Bertz CT molecular complexity index is 3540. The van der Waals surface area contributed by atoms with E-state index in [0.29, 0.717) is 5.82 Å². The van der Waals surface area contributed by atoms with E-state index in [2.05, 4.69) is 182 Å². The third-order valence-electron chi connectivity index (χ3n) is 11.3. The van der Waals surface area contributed by atoms with Crippen molar-refractivity contribution in [1.82, 2.24) is 9.97 Å². The largest absolute Gasteiger partial charge is 0.455 e. The fourth-order valence-corrected chi connectivity index (χ4v) is 9.86.